The second kappa shape index (κ2) is 8.07. The standard InChI is InChI=1S/C19H21NO4S/c1-11(2)18(22)20-15-8-6-14(7-9-15)17(21)13(4)24-19(23)16-10-5-12(3)25-16/h5-11,13H,1-4H3,(H,20,22). The van der Waals surface area contributed by atoms with Gasteiger partial charge in [0.25, 0.3) is 0 Å². The van der Waals surface area contributed by atoms with Crippen molar-refractivity contribution in [3.63, 3.8) is 0 Å². The number of rotatable bonds is 6. The Bertz CT molecular complexity index is 777. The van der Waals surface area contributed by atoms with Crippen molar-refractivity contribution in [3.8, 4) is 0 Å². The van der Waals surface area contributed by atoms with E-state index in [1.807, 2.05) is 13.0 Å². The average molecular weight is 359 g/mol. The molecule has 0 saturated heterocycles. The zero-order chi connectivity index (χ0) is 18.6. The first-order valence-corrected chi connectivity index (χ1v) is 8.82. The SMILES string of the molecule is Cc1ccc(C(=O)OC(C)C(=O)c2ccc(NC(=O)C(C)C)cc2)s1. The summed E-state index contributed by atoms with van der Waals surface area (Å²) in [6, 6.07) is 10.1. The highest BCUT2D eigenvalue weighted by molar-refractivity contribution is 7.13. The van der Waals surface area contributed by atoms with E-state index in [1.165, 1.54) is 11.3 Å². The molecule has 1 amide bonds. The summed E-state index contributed by atoms with van der Waals surface area (Å²) in [7, 11) is 0. The molecule has 1 aromatic heterocycles. The normalized spacial score (nSPS) is 11.9. The highest BCUT2D eigenvalue weighted by Crippen LogP contribution is 2.18. The van der Waals surface area contributed by atoms with Gasteiger partial charge >= 0.3 is 5.97 Å². The fourth-order valence-electron chi connectivity index (χ4n) is 2.06. The van der Waals surface area contributed by atoms with Gasteiger partial charge in [0.05, 0.1) is 0 Å². The third-order valence-corrected chi connectivity index (χ3v) is 4.54. The van der Waals surface area contributed by atoms with Crippen LogP contribution in [0.2, 0.25) is 0 Å². The van der Waals surface area contributed by atoms with Crippen molar-refractivity contribution in [1.82, 2.24) is 0 Å². The fraction of sp³-hybridized carbons (Fsp3) is 0.316. The first kappa shape index (κ1) is 18.9. The molecule has 0 spiro atoms. The lowest BCUT2D eigenvalue weighted by atomic mass is 10.1. The van der Waals surface area contributed by atoms with Crippen molar-refractivity contribution in [3.05, 3.63) is 51.7 Å². The van der Waals surface area contributed by atoms with Gasteiger partial charge in [0.15, 0.2) is 6.10 Å². The second-order valence-corrected chi connectivity index (χ2v) is 7.33. The number of anilines is 1. The van der Waals surface area contributed by atoms with Crippen molar-refractivity contribution in [2.24, 2.45) is 5.92 Å². The molecule has 2 rings (SSSR count). The predicted molar refractivity (Wildman–Crippen MR) is 98.2 cm³/mol. The molecule has 25 heavy (non-hydrogen) atoms. The van der Waals surface area contributed by atoms with E-state index in [1.54, 1.807) is 51.1 Å². The minimum Gasteiger partial charge on any atom is -0.450 e. The van der Waals surface area contributed by atoms with E-state index in [0.717, 1.165) is 4.88 Å². The molecule has 0 bridgehead atoms. The molecule has 0 aliphatic heterocycles. The van der Waals surface area contributed by atoms with E-state index < -0.39 is 12.1 Å². The van der Waals surface area contributed by atoms with Gasteiger partial charge in [0.1, 0.15) is 4.88 Å². The summed E-state index contributed by atoms with van der Waals surface area (Å²) in [6.07, 6.45) is -0.883. The number of esters is 1. The third-order valence-electron chi connectivity index (χ3n) is 3.56. The van der Waals surface area contributed by atoms with Crippen molar-refractivity contribution < 1.29 is 19.1 Å². The first-order chi connectivity index (χ1) is 11.8. The van der Waals surface area contributed by atoms with Crippen LogP contribution in [0.15, 0.2) is 36.4 Å². The highest BCUT2D eigenvalue weighted by atomic mass is 32.1. The maximum atomic E-state index is 12.4. The number of carbonyl (C=O) groups excluding carboxylic acids is 3. The Kier molecular flexibility index (Phi) is 6.09. The number of benzene rings is 1. The molecule has 5 nitrogen and oxygen atoms in total. The van der Waals surface area contributed by atoms with E-state index in [9.17, 15) is 14.4 Å². The molecule has 1 atom stereocenters. The number of hydrogen-bond acceptors (Lipinski definition) is 5. The lowest BCUT2D eigenvalue weighted by molar-refractivity contribution is -0.118. The molecule has 132 valence electrons. The molecule has 0 fully saturated rings. The van der Waals surface area contributed by atoms with Gasteiger partial charge in [-0.05, 0) is 50.2 Å². The van der Waals surface area contributed by atoms with Crippen LogP contribution in [0.1, 0.15) is 45.7 Å². The van der Waals surface area contributed by atoms with Crippen molar-refractivity contribution in [2.75, 3.05) is 5.32 Å². The van der Waals surface area contributed by atoms with Gasteiger partial charge in [-0.15, -0.1) is 11.3 Å². The zero-order valence-corrected chi connectivity index (χ0v) is 15.5. The Labute approximate surface area is 151 Å². The summed E-state index contributed by atoms with van der Waals surface area (Å²) in [5.41, 5.74) is 1.04. The Hall–Kier alpha value is -2.47. The van der Waals surface area contributed by atoms with Gasteiger partial charge in [-0.2, -0.15) is 0 Å². The minimum absolute atomic E-state index is 0.0902. The summed E-state index contributed by atoms with van der Waals surface area (Å²) < 4.78 is 5.24. The predicted octanol–water partition coefficient (Wildman–Crippen LogP) is 4.08. The molecule has 0 aliphatic carbocycles. The Morgan fingerprint density at radius 1 is 1.00 bits per heavy atom. The summed E-state index contributed by atoms with van der Waals surface area (Å²) in [6.45, 7) is 7.06. The topological polar surface area (TPSA) is 72.5 Å². The van der Waals surface area contributed by atoms with Crippen LogP contribution in [0.25, 0.3) is 0 Å². The van der Waals surface area contributed by atoms with Gasteiger partial charge in [-0.3, -0.25) is 9.59 Å². The number of Topliss-reactive ketones (excluding diaryl/α,β-unsaturated/α-hetero) is 1. The molecule has 1 N–H and O–H groups in total. The molecule has 1 aromatic carbocycles. The monoisotopic (exact) mass is 359 g/mol. The van der Waals surface area contributed by atoms with Crippen LogP contribution in [0, 0.1) is 12.8 Å². The molecule has 2 aromatic rings. The molecule has 0 aliphatic rings. The molecule has 0 saturated carbocycles. The summed E-state index contributed by atoms with van der Waals surface area (Å²) in [5, 5.41) is 2.76. The molecule has 6 heteroatoms. The number of carbonyl (C=O) groups is 3. The number of aryl methyl sites for hydroxylation is 1. The van der Waals surface area contributed by atoms with Gasteiger partial charge < -0.3 is 10.1 Å². The van der Waals surface area contributed by atoms with Crippen LogP contribution in [0.4, 0.5) is 5.69 Å². The van der Waals surface area contributed by atoms with E-state index >= 15 is 0 Å². The zero-order valence-electron chi connectivity index (χ0n) is 14.7. The third kappa shape index (κ3) is 5.00. The number of ketones is 1. The number of nitrogens with one attached hydrogen (secondary N) is 1. The van der Waals surface area contributed by atoms with Crippen molar-refractivity contribution in [1.29, 1.82) is 0 Å². The minimum atomic E-state index is -0.883. The van der Waals surface area contributed by atoms with Gasteiger partial charge in [-0.1, -0.05) is 13.8 Å². The molecular weight excluding hydrogens is 338 g/mol. The van der Waals surface area contributed by atoms with E-state index in [-0.39, 0.29) is 17.6 Å². The van der Waals surface area contributed by atoms with Crippen LogP contribution in [0.3, 0.4) is 0 Å². The fourth-order valence-corrected chi connectivity index (χ4v) is 2.81. The number of amides is 1. The lowest BCUT2D eigenvalue weighted by Crippen LogP contribution is -2.24. The highest BCUT2D eigenvalue weighted by Gasteiger charge is 2.21. The number of hydrogen-bond donors (Lipinski definition) is 1. The Morgan fingerprint density at radius 3 is 2.16 bits per heavy atom. The first-order valence-electron chi connectivity index (χ1n) is 8.00. The maximum absolute atomic E-state index is 12.4. The number of thiophene rings is 1. The Morgan fingerprint density at radius 2 is 1.64 bits per heavy atom. The average Bonchev–Trinajstić information content (AvgIpc) is 3.01. The van der Waals surface area contributed by atoms with Crippen LogP contribution >= 0.6 is 11.3 Å². The summed E-state index contributed by atoms with van der Waals surface area (Å²) in [4.78, 5) is 37.6. The van der Waals surface area contributed by atoms with E-state index in [4.69, 9.17) is 4.74 Å². The summed E-state index contributed by atoms with van der Waals surface area (Å²) in [5.74, 6) is -1.00. The van der Waals surface area contributed by atoms with Crippen molar-refractivity contribution in [2.45, 2.75) is 33.8 Å². The number of ether oxygens (including phenoxy) is 1. The molecule has 1 unspecified atom stereocenters. The Balaban J connectivity index is 1.99. The quantitative estimate of drug-likeness (QED) is 0.623. The van der Waals surface area contributed by atoms with Gasteiger partial charge in [0.2, 0.25) is 11.7 Å². The van der Waals surface area contributed by atoms with Crippen LogP contribution in [-0.2, 0) is 9.53 Å². The summed E-state index contributed by atoms with van der Waals surface area (Å²) >= 11 is 1.33. The van der Waals surface area contributed by atoms with E-state index in [0.29, 0.717) is 16.1 Å². The van der Waals surface area contributed by atoms with Crippen LogP contribution < -0.4 is 5.32 Å². The maximum Gasteiger partial charge on any atom is 0.349 e. The van der Waals surface area contributed by atoms with Crippen molar-refractivity contribution >= 4 is 34.7 Å². The molecule has 0 radical (unpaired) electrons. The molecule has 1 heterocycles. The van der Waals surface area contributed by atoms with Crippen LogP contribution in [0.5, 0.6) is 0 Å². The van der Waals surface area contributed by atoms with Crippen LogP contribution in [-0.4, -0.2) is 23.8 Å². The lowest BCUT2D eigenvalue weighted by Gasteiger charge is -2.12. The largest absolute Gasteiger partial charge is 0.450 e. The molecular formula is C19H21NO4S. The van der Waals surface area contributed by atoms with E-state index in [2.05, 4.69) is 5.32 Å². The van der Waals surface area contributed by atoms with Gasteiger partial charge in [0, 0.05) is 22.0 Å². The van der Waals surface area contributed by atoms with Gasteiger partial charge in [-0.25, -0.2) is 4.79 Å². The smallest absolute Gasteiger partial charge is 0.349 e. The second-order valence-electron chi connectivity index (χ2n) is 6.04.